The summed E-state index contributed by atoms with van der Waals surface area (Å²) < 4.78 is 0. The normalized spacial score (nSPS) is 13.2. The number of thiazole rings is 1. The van der Waals surface area contributed by atoms with Crippen LogP contribution in [-0.4, -0.2) is 23.3 Å². The molecule has 0 atom stereocenters. The van der Waals surface area contributed by atoms with Crippen LogP contribution in [0.15, 0.2) is 60.7 Å². The fourth-order valence-electron chi connectivity index (χ4n) is 4.57. The zero-order chi connectivity index (χ0) is 24.7. The number of rotatable bonds is 4. The Morgan fingerprint density at radius 2 is 1.80 bits per heavy atom. The summed E-state index contributed by atoms with van der Waals surface area (Å²) in [5.41, 5.74) is 4.61. The molecular formula is C29H29N3O2S. The third-order valence-corrected chi connectivity index (χ3v) is 7.15. The number of aromatic nitrogens is 1. The number of anilines is 2. The summed E-state index contributed by atoms with van der Waals surface area (Å²) in [6, 6.07) is 19.9. The van der Waals surface area contributed by atoms with E-state index in [1.807, 2.05) is 66.4 Å². The minimum Gasteiger partial charge on any atom is -0.312 e. The first-order valence-corrected chi connectivity index (χ1v) is 12.7. The van der Waals surface area contributed by atoms with Crippen LogP contribution in [0.3, 0.4) is 0 Å². The Morgan fingerprint density at radius 1 is 1.03 bits per heavy atom. The minimum atomic E-state index is -0.169. The number of aryl methyl sites for hydroxylation is 1. The highest BCUT2D eigenvalue weighted by atomic mass is 32.1. The number of carbonyl (C=O) groups excluding carboxylic acids is 2. The minimum absolute atomic E-state index is 0.0365. The fourth-order valence-corrected chi connectivity index (χ4v) is 5.41. The molecule has 0 unspecified atom stereocenters. The Hall–Kier alpha value is -3.51. The van der Waals surface area contributed by atoms with Crippen LogP contribution >= 0.6 is 11.3 Å². The third-order valence-electron chi connectivity index (χ3n) is 6.26. The molecule has 0 bridgehead atoms. The van der Waals surface area contributed by atoms with E-state index in [9.17, 15) is 9.59 Å². The SMILES string of the molecule is Cc1sc(NC(=O)c2ccc3ccccc3c2)nc1-c1ccc2c(c1)CCN2C(=O)CC(C)(C)C. The van der Waals surface area contributed by atoms with Gasteiger partial charge in [-0.2, -0.15) is 0 Å². The van der Waals surface area contributed by atoms with Gasteiger partial charge in [-0.05, 0) is 59.4 Å². The Balaban J connectivity index is 1.35. The monoisotopic (exact) mass is 483 g/mol. The van der Waals surface area contributed by atoms with Gasteiger partial charge in [0.25, 0.3) is 5.91 Å². The Labute approximate surface area is 209 Å². The lowest BCUT2D eigenvalue weighted by Gasteiger charge is -2.23. The number of amides is 2. The second kappa shape index (κ2) is 8.93. The molecule has 35 heavy (non-hydrogen) atoms. The highest BCUT2D eigenvalue weighted by Crippen LogP contribution is 2.36. The molecule has 6 heteroatoms. The molecular weight excluding hydrogens is 454 g/mol. The first-order chi connectivity index (χ1) is 16.7. The van der Waals surface area contributed by atoms with Crippen molar-refractivity contribution in [3.8, 4) is 11.3 Å². The number of carbonyl (C=O) groups is 2. The van der Waals surface area contributed by atoms with Gasteiger partial charge in [0.05, 0.1) is 5.69 Å². The second-order valence-corrected chi connectivity index (χ2v) is 11.5. The van der Waals surface area contributed by atoms with E-state index in [2.05, 4.69) is 32.2 Å². The quantitative estimate of drug-likeness (QED) is 0.345. The van der Waals surface area contributed by atoms with Crippen molar-refractivity contribution in [2.45, 2.75) is 40.5 Å². The van der Waals surface area contributed by atoms with Gasteiger partial charge in [0.15, 0.2) is 5.13 Å². The summed E-state index contributed by atoms with van der Waals surface area (Å²) in [5, 5.41) is 5.68. The molecule has 1 N–H and O–H groups in total. The maximum Gasteiger partial charge on any atom is 0.257 e. The van der Waals surface area contributed by atoms with Crippen molar-refractivity contribution in [3.05, 3.63) is 76.7 Å². The lowest BCUT2D eigenvalue weighted by molar-refractivity contribution is -0.120. The van der Waals surface area contributed by atoms with Crippen LogP contribution in [0.2, 0.25) is 0 Å². The van der Waals surface area contributed by atoms with Crippen molar-refractivity contribution in [1.82, 2.24) is 4.98 Å². The zero-order valence-corrected chi connectivity index (χ0v) is 21.3. The Morgan fingerprint density at radius 3 is 2.57 bits per heavy atom. The van der Waals surface area contributed by atoms with E-state index < -0.39 is 0 Å². The second-order valence-electron chi connectivity index (χ2n) is 10.3. The topological polar surface area (TPSA) is 62.3 Å². The summed E-state index contributed by atoms with van der Waals surface area (Å²) in [4.78, 5) is 33.4. The molecule has 0 fully saturated rings. The molecule has 3 aromatic carbocycles. The number of hydrogen-bond acceptors (Lipinski definition) is 4. The van der Waals surface area contributed by atoms with Crippen LogP contribution in [0.25, 0.3) is 22.0 Å². The number of nitrogens with zero attached hydrogens (tertiary/aromatic N) is 2. The number of fused-ring (bicyclic) bond motifs is 2. The van der Waals surface area contributed by atoms with Gasteiger partial charge < -0.3 is 4.90 Å². The van der Waals surface area contributed by atoms with E-state index in [1.54, 1.807) is 0 Å². The van der Waals surface area contributed by atoms with Crippen LogP contribution in [0.5, 0.6) is 0 Å². The Kier molecular flexibility index (Phi) is 5.93. The molecule has 1 aliphatic rings. The molecule has 1 aromatic heterocycles. The van der Waals surface area contributed by atoms with E-state index in [4.69, 9.17) is 4.98 Å². The summed E-state index contributed by atoms with van der Waals surface area (Å²) >= 11 is 1.47. The van der Waals surface area contributed by atoms with E-state index in [0.717, 1.165) is 45.6 Å². The van der Waals surface area contributed by atoms with Crippen LogP contribution in [0.1, 0.15) is 48.0 Å². The lowest BCUT2D eigenvalue weighted by Crippen LogP contribution is -2.31. The molecule has 0 saturated heterocycles. The summed E-state index contributed by atoms with van der Waals surface area (Å²) in [7, 11) is 0. The smallest absolute Gasteiger partial charge is 0.257 e. The first-order valence-electron chi connectivity index (χ1n) is 11.9. The van der Waals surface area contributed by atoms with Crippen molar-refractivity contribution in [2.75, 3.05) is 16.8 Å². The largest absolute Gasteiger partial charge is 0.312 e. The van der Waals surface area contributed by atoms with Crippen LogP contribution in [0.4, 0.5) is 10.8 Å². The highest BCUT2D eigenvalue weighted by Gasteiger charge is 2.28. The van der Waals surface area contributed by atoms with E-state index in [1.165, 1.54) is 16.9 Å². The van der Waals surface area contributed by atoms with Crippen molar-refractivity contribution in [2.24, 2.45) is 5.41 Å². The highest BCUT2D eigenvalue weighted by molar-refractivity contribution is 7.16. The fraction of sp³-hybridized carbons (Fsp3) is 0.276. The van der Waals surface area contributed by atoms with Gasteiger partial charge in [-0.3, -0.25) is 14.9 Å². The van der Waals surface area contributed by atoms with Gasteiger partial charge in [0, 0.05) is 34.7 Å². The molecule has 1 aliphatic heterocycles. The van der Waals surface area contributed by atoms with Gasteiger partial charge in [-0.1, -0.05) is 57.2 Å². The van der Waals surface area contributed by atoms with Crippen molar-refractivity contribution >= 4 is 44.7 Å². The average Bonchev–Trinajstić information content (AvgIpc) is 3.40. The lowest BCUT2D eigenvalue weighted by atomic mass is 9.91. The number of benzene rings is 3. The van der Waals surface area contributed by atoms with Gasteiger partial charge >= 0.3 is 0 Å². The molecule has 2 heterocycles. The van der Waals surface area contributed by atoms with Crippen LogP contribution in [-0.2, 0) is 11.2 Å². The first kappa shape index (κ1) is 23.2. The maximum absolute atomic E-state index is 12.9. The van der Waals surface area contributed by atoms with Crippen molar-refractivity contribution in [1.29, 1.82) is 0 Å². The molecule has 0 spiro atoms. The van der Waals surface area contributed by atoms with E-state index >= 15 is 0 Å². The van der Waals surface area contributed by atoms with Gasteiger partial charge in [0.1, 0.15) is 0 Å². The van der Waals surface area contributed by atoms with Crippen LogP contribution < -0.4 is 10.2 Å². The standard InChI is InChI=1S/C29H29N3O2S/c1-18-26(22-11-12-24-21(16-22)13-14-32(24)25(33)17-29(2,3)4)30-28(35-18)31-27(34)23-10-9-19-7-5-6-8-20(19)15-23/h5-12,15-16H,13-14,17H2,1-4H3,(H,30,31,34). The van der Waals surface area contributed by atoms with Gasteiger partial charge in [-0.25, -0.2) is 4.98 Å². The molecule has 2 amide bonds. The molecule has 4 aromatic rings. The van der Waals surface area contributed by atoms with Gasteiger partial charge in [0.2, 0.25) is 5.91 Å². The zero-order valence-electron chi connectivity index (χ0n) is 20.5. The maximum atomic E-state index is 12.9. The van der Waals surface area contributed by atoms with Crippen molar-refractivity contribution in [3.63, 3.8) is 0 Å². The number of nitrogens with one attached hydrogen (secondary N) is 1. The van der Waals surface area contributed by atoms with Gasteiger partial charge in [-0.15, -0.1) is 11.3 Å². The summed E-state index contributed by atoms with van der Waals surface area (Å²) in [6.07, 6.45) is 1.37. The molecule has 0 saturated carbocycles. The van der Waals surface area contributed by atoms with Crippen LogP contribution in [0, 0.1) is 12.3 Å². The molecule has 0 radical (unpaired) electrons. The van der Waals surface area contributed by atoms with Crippen molar-refractivity contribution < 1.29 is 9.59 Å². The number of hydrogen-bond donors (Lipinski definition) is 1. The molecule has 5 rings (SSSR count). The predicted molar refractivity (Wildman–Crippen MR) is 144 cm³/mol. The van der Waals surface area contributed by atoms with E-state index in [0.29, 0.717) is 17.1 Å². The molecule has 0 aliphatic carbocycles. The Bertz CT molecular complexity index is 1450. The van der Waals surface area contributed by atoms with E-state index in [-0.39, 0.29) is 17.2 Å². The third kappa shape index (κ3) is 4.84. The predicted octanol–water partition coefficient (Wildman–Crippen LogP) is 6.85. The summed E-state index contributed by atoms with van der Waals surface area (Å²) in [6.45, 7) is 9.01. The summed E-state index contributed by atoms with van der Waals surface area (Å²) in [5.74, 6) is 0.00513. The molecule has 178 valence electrons. The molecule has 5 nitrogen and oxygen atoms in total. The average molecular weight is 484 g/mol.